The van der Waals surface area contributed by atoms with E-state index in [4.69, 9.17) is 4.74 Å². The standard InChI is InChI=1S/C25H26N2O2/c1-29-22-15-17-27(18-16-22)21-13-11-20(12-14-21)25(28)26-24-10-6-5-9-23(24)19-7-3-2-4-8-19/h2-14,22H,15-18H2,1H3,(H,26,28). The molecule has 29 heavy (non-hydrogen) atoms. The van der Waals surface area contributed by atoms with Gasteiger partial charge in [-0.2, -0.15) is 0 Å². The third kappa shape index (κ3) is 4.49. The molecule has 1 saturated heterocycles. The highest BCUT2D eigenvalue weighted by molar-refractivity contribution is 6.06. The zero-order valence-electron chi connectivity index (χ0n) is 16.7. The molecule has 0 saturated carbocycles. The quantitative estimate of drug-likeness (QED) is 0.653. The van der Waals surface area contributed by atoms with Gasteiger partial charge in [0.05, 0.1) is 6.10 Å². The largest absolute Gasteiger partial charge is 0.381 e. The summed E-state index contributed by atoms with van der Waals surface area (Å²) in [6.07, 6.45) is 2.44. The van der Waals surface area contributed by atoms with Crippen LogP contribution in [0.5, 0.6) is 0 Å². The molecule has 0 spiro atoms. The van der Waals surface area contributed by atoms with Crippen LogP contribution in [0.1, 0.15) is 23.2 Å². The number of methoxy groups -OCH3 is 1. The number of nitrogens with zero attached hydrogens (tertiary/aromatic N) is 1. The molecule has 1 N–H and O–H groups in total. The van der Waals surface area contributed by atoms with Gasteiger partial charge in [0.2, 0.25) is 0 Å². The molecule has 1 fully saturated rings. The molecule has 1 aliphatic heterocycles. The number of amides is 1. The summed E-state index contributed by atoms with van der Waals surface area (Å²) in [5, 5.41) is 3.07. The normalized spacial score (nSPS) is 14.6. The Kier molecular flexibility index (Phi) is 5.92. The van der Waals surface area contributed by atoms with Crippen LogP contribution >= 0.6 is 0 Å². The maximum atomic E-state index is 12.8. The second kappa shape index (κ2) is 8.93. The summed E-state index contributed by atoms with van der Waals surface area (Å²) in [4.78, 5) is 15.2. The first-order valence-electron chi connectivity index (χ1n) is 10.1. The van der Waals surface area contributed by atoms with E-state index in [1.807, 2.05) is 78.9 Å². The molecule has 0 aliphatic carbocycles. The van der Waals surface area contributed by atoms with E-state index in [-0.39, 0.29) is 5.91 Å². The third-order valence-corrected chi connectivity index (χ3v) is 5.53. The Bertz CT molecular complexity index is 946. The van der Waals surface area contributed by atoms with Crippen LogP contribution < -0.4 is 10.2 Å². The number of anilines is 2. The van der Waals surface area contributed by atoms with E-state index >= 15 is 0 Å². The predicted octanol–water partition coefficient (Wildman–Crippen LogP) is 5.22. The van der Waals surface area contributed by atoms with Crippen LogP contribution in [0, 0.1) is 0 Å². The molecule has 3 aromatic carbocycles. The second-order valence-electron chi connectivity index (χ2n) is 7.33. The highest BCUT2D eigenvalue weighted by Crippen LogP contribution is 2.28. The van der Waals surface area contributed by atoms with Gasteiger partial charge in [0.1, 0.15) is 0 Å². The number of benzene rings is 3. The highest BCUT2D eigenvalue weighted by Gasteiger charge is 2.19. The first kappa shape index (κ1) is 19.2. The Labute approximate surface area is 172 Å². The molecular weight excluding hydrogens is 360 g/mol. The smallest absolute Gasteiger partial charge is 0.255 e. The molecule has 1 aliphatic rings. The van der Waals surface area contributed by atoms with Gasteiger partial charge in [-0.05, 0) is 48.7 Å². The highest BCUT2D eigenvalue weighted by atomic mass is 16.5. The summed E-state index contributed by atoms with van der Waals surface area (Å²) in [5.41, 5.74) is 4.72. The molecule has 4 heteroatoms. The number of ether oxygens (including phenoxy) is 1. The van der Waals surface area contributed by atoms with Crippen molar-refractivity contribution in [1.29, 1.82) is 0 Å². The van der Waals surface area contributed by atoms with Gasteiger partial charge in [0.15, 0.2) is 0 Å². The third-order valence-electron chi connectivity index (χ3n) is 5.53. The van der Waals surface area contributed by atoms with Gasteiger partial charge >= 0.3 is 0 Å². The molecule has 0 unspecified atom stereocenters. The number of hydrogen-bond donors (Lipinski definition) is 1. The number of nitrogens with one attached hydrogen (secondary N) is 1. The van der Waals surface area contributed by atoms with E-state index in [0.717, 1.165) is 48.4 Å². The molecule has 0 aromatic heterocycles. The summed E-state index contributed by atoms with van der Waals surface area (Å²) < 4.78 is 5.44. The van der Waals surface area contributed by atoms with Crippen molar-refractivity contribution in [3.8, 4) is 11.1 Å². The fraction of sp³-hybridized carbons (Fsp3) is 0.240. The van der Waals surface area contributed by atoms with Crippen LogP contribution in [-0.2, 0) is 4.74 Å². The van der Waals surface area contributed by atoms with Crippen LogP contribution in [0.2, 0.25) is 0 Å². The van der Waals surface area contributed by atoms with Gasteiger partial charge in [-0.3, -0.25) is 4.79 Å². The minimum atomic E-state index is -0.0991. The Morgan fingerprint density at radius 2 is 1.55 bits per heavy atom. The van der Waals surface area contributed by atoms with Crippen LogP contribution in [0.15, 0.2) is 78.9 Å². The van der Waals surface area contributed by atoms with Gasteiger partial charge in [-0.25, -0.2) is 0 Å². The molecule has 0 atom stereocenters. The average Bonchev–Trinajstić information content (AvgIpc) is 2.80. The fourth-order valence-electron chi connectivity index (χ4n) is 3.83. The minimum absolute atomic E-state index is 0.0991. The van der Waals surface area contributed by atoms with Crippen LogP contribution in [-0.4, -0.2) is 32.2 Å². The van der Waals surface area contributed by atoms with E-state index in [2.05, 4.69) is 10.2 Å². The van der Waals surface area contributed by atoms with E-state index < -0.39 is 0 Å². The van der Waals surface area contributed by atoms with Crippen molar-refractivity contribution in [3.05, 3.63) is 84.4 Å². The number of piperidine rings is 1. The summed E-state index contributed by atoms with van der Waals surface area (Å²) >= 11 is 0. The van der Waals surface area contributed by atoms with Crippen molar-refractivity contribution in [2.75, 3.05) is 30.4 Å². The number of carbonyl (C=O) groups excluding carboxylic acids is 1. The predicted molar refractivity (Wildman–Crippen MR) is 119 cm³/mol. The second-order valence-corrected chi connectivity index (χ2v) is 7.33. The van der Waals surface area contributed by atoms with Gasteiger partial charge in [-0.1, -0.05) is 48.5 Å². The molecular formula is C25H26N2O2. The first-order valence-corrected chi connectivity index (χ1v) is 10.1. The molecule has 0 radical (unpaired) electrons. The molecule has 4 nitrogen and oxygen atoms in total. The van der Waals surface area contributed by atoms with Crippen molar-refractivity contribution in [2.24, 2.45) is 0 Å². The van der Waals surface area contributed by atoms with Crippen molar-refractivity contribution >= 4 is 17.3 Å². The zero-order valence-corrected chi connectivity index (χ0v) is 16.7. The maximum absolute atomic E-state index is 12.8. The van der Waals surface area contributed by atoms with Gasteiger partial charge in [0, 0.05) is 42.7 Å². The Morgan fingerprint density at radius 3 is 2.24 bits per heavy atom. The van der Waals surface area contributed by atoms with Crippen molar-refractivity contribution in [2.45, 2.75) is 18.9 Å². The summed E-state index contributed by atoms with van der Waals surface area (Å²) in [6.45, 7) is 1.96. The van der Waals surface area contributed by atoms with Gasteiger partial charge < -0.3 is 15.0 Å². The van der Waals surface area contributed by atoms with E-state index in [9.17, 15) is 4.79 Å². The zero-order chi connectivity index (χ0) is 20.1. The number of para-hydroxylation sites is 1. The van der Waals surface area contributed by atoms with Gasteiger partial charge in [-0.15, -0.1) is 0 Å². The van der Waals surface area contributed by atoms with Crippen molar-refractivity contribution < 1.29 is 9.53 Å². The fourth-order valence-corrected chi connectivity index (χ4v) is 3.83. The number of rotatable bonds is 5. The van der Waals surface area contributed by atoms with Crippen LogP contribution in [0.3, 0.4) is 0 Å². The number of hydrogen-bond acceptors (Lipinski definition) is 3. The maximum Gasteiger partial charge on any atom is 0.255 e. The Hall–Kier alpha value is -3.11. The molecule has 4 rings (SSSR count). The average molecular weight is 386 g/mol. The summed E-state index contributed by atoms with van der Waals surface area (Å²) in [7, 11) is 1.78. The molecule has 148 valence electrons. The lowest BCUT2D eigenvalue weighted by Gasteiger charge is -2.33. The summed E-state index contributed by atoms with van der Waals surface area (Å²) in [5.74, 6) is -0.0991. The molecule has 3 aromatic rings. The monoisotopic (exact) mass is 386 g/mol. The van der Waals surface area contributed by atoms with Crippen molar-refractivity contribution in [1.82, 2.24) is 0 Å². The minimum Gasteiger partial charge on any atom is -0.381 e. The topological polar surface area (TPSA) is 41.6 Å². The Balaban J connectivity index is 1.46. The van der Waals surface area contributed by atoms with E-state index in [1.165, 1.54) is 0 Å². The SMILES string of the molecule is COC1CCN(c2ccc(C(=O)Nc3ccccc3-c3ccccc3)cc2)CC1. The lowest BCUT2D eigenvalue weighted by Crippen LogP contribution is -2.36. The van der Waals surface area contributed by atoms with Crippen LogP contribution in [0.25, 0.3) is 11.1 Å². The number of carbonyl (C=O) groups is 1. The molecule has 1 heterocycles. The van der Waals surface area contributed by atoms with E-state index in [1.54, 1.807) is 7.11 Å². The summed E-state index contributed by atoms with van der Waals surface area (Å²) in [6, 6.07) is 25.8. The van der Waals surface area contributed by atoms with Crippen molar-refractivity contribution in [3.63, 3.8) is 0 Å². The van der Waals surface area contributed by atoms with Gasteiger partial charge in [0.25, 0.3) is 5.91 Å². The lowest BCUT2D eigenvalue weighted by atomic mass is 10.0. The molecule has 1 amide bonds. The molecule has 0 bridgehead atoms. The van der Waals surface area contributed by atoms with E-state index in [0.29, 0.717) is 11.7 Å². The first-order chi connectivity index (χ1) is 14.2. The lowest BCUT2D eigenvalue weighted by molar-refractivity contribution is 0.0819. The Morgan fingerprint density at radius 1 is 0.897 bits per heavy atom. The van der Waals surface area contributed by atoms with Crippen LogP contribution in [0.4, 0.5) is 11.4 Å².